The molecule has 0 unspecified atom stereocenters. The van der Waals surface area contributed by atoms with Gasteiger partial charge in [0.25, 0.3) is 5.91 Å². The largest absolute Gasteiger partial charge is 0.506 e. The van der Waals surface area contributed by atoms with Crippen molar-refractivity contribution in [2.24, 2.45) is 5.92 Å². The lowest BCUT2D eigenvalue weighted by Crippen LogP contribution is -2.39. The Bertz CT molecular complexity index is 1100. The van der Waals surface area contributed by atoms with Crippen molar-refractivity contribution in [3.05, 3.63) is 70.8 Å². The number of aromatic hydroxyl groups is 1. The number of piperidine rings is 1. The molecular formula is C25H27ClN4O2. The number of halogens is 1. The summed E-state index contributed by atoms with van der Waals surface area (Å²) < 4.78 is 1.57. The van der Waals surface area contributed by atoms with Crippen LogP contribution in [0.3, 0.4) is 0 Å². The van der Waals surface area contributed by atoms with Crippen LogP contribution in [0, 0.1) is 5.92 Å². The lowest BCUT2D eigenvalue weighted by Gasteiger charge is -2.31. The number of phenols is 1. The van der Waals surface area contributed by atoms with Crippen LogP contribution in [-0.4, -0.2) is 43.8 Å². The Hall–Kier alpha value is -2.86. The molecule has 5 rings (SSSR count). The fourth-order valence-corrected chi connectivity index (χ4v) is 4.90. The summed E-state index contributed by atoms with van der Waals surface area (Å²) in [6.07, 6.45) is 7.84. The fourth-order valence-electron chi connectivity index (χ4n) is 4.68. The van der Waals surface area contributed by atoms with Gasteiger partial charge in [0.2, 0.25) is 5.82 Å². The van der Waals surface area contributed by atoms with Gasteiger partial charge in [0.15, 0.2) is 0 Å². The fraction of sp³-hybridized carbons (Fsp3) is 0.400. The first-order valence-corrected chi connectivity index (χ1v) is 11.7. The van der Waals surface area contributed by atoms with Crippen molar-refractivity contribution in [2.45, 2.75) is 44.4 Å². The summed E-state index contributed by atoms with van der Waals surface area (Å²) in [5.74, 6) is 1.13. The number of amides is 1. The molecule has 1 aromatic heterocycles. The molecule has 2 aromatic carbocycles. The molecule has 0 bridgehead atoms. The van der Waals surface area contributed by atoms with Crippen LogP contribution < -0.4 is 0 Å². The van der Waals surface area contributed by atoms with Gasteiger partial charge < -0.3 is 10.0 Å². The quantitative estimate of drug-likeness (QED) is 0.594. The van der Waals surface area contributed by atoms with Crippen molar-refractivity contribution in [3.63, 3.8) is 0 Å². The van der Waals surface area contributed by atoms with E-state index in [9.17, 15) is 9.90 Å². The zero-order chi connectivity index (χ0) is 22.1. The number of likely N-dealkylation sites (tertiary alicyclic amines) is 1. The summed E-state index contributed by atoms with van der Waals surface area (Å²) in [6.45, 7) is 1.45. The smallest absolute Gasteiger partial charge is 0.293 e. The average molecular weight is 451 g/mol. The second kappa shape index (κ2) is 8.94. The number of aromatic nitrogens is 3. The lowest BCUT2D eigenvalue weighted by atomic mass is 9.79. The normalized spacial score (nSPS) is 17.3. The Kier molecular flexibility index (Phi) is 5.87. The van der Waals surface area contributed by atoms with Gasteiger partial charge in [-0.25, -0.2) is 9.67 Å². The van der Waals surface area contributed by atoms with E-state index in [-0.39, 0.29) is 17.5 Å². The van der Waals surface area contributed by atoms with Crippen LogP contribution in [0.25, 0.3) is 5.69 Å². The molecule has 2 fully saturated rings. The van der Waals surface area contributed by atoms with Crippen LogP contribution in [-0.2, 0) is 6.42 Å². The van der Waals surface area contributed by atoms with Crippen molar-refractivity contribution >= 4 is 17.5 Å². The molecule has 1 N–H and O–H groups in total. The molecule has 32 heavy (non-hydrogen) atoms. The summed E-state index contributed by atoms with van der Waals surface area (Å²) >= 11 is 6.27. The van der Waals surface area contributed by atoms with Crippen LogP contribution in [0.5, 0.6) is 5.75 Å². The molecule has 1 aliphatic carbocycles. The summed E-state index contributed by atoms with van der Waals surface area (Å²) in [4.78, 5) is 19.1. The first kappa shape index (κ1) is 21.0. The van der Waals surface area contributed by atoms with Gasteiger partial charge in [-0.05, 0) is 61.6 Å². The van der Waals surface area contributed by atoms with E-state index in [2.05, 4.69) is 34.3 Å². The number of carbonyl (C=O) groups excluding carboxylic acids is 1. The maximum atomic E-state index is 13.0. The highest BCUT2D eigenvalue weighted by atomic mass is 35.5. The molecule has 1 saturated heterocycles. The van der Waals surface area contributed by atoms with E-state index in [1.165, 1.54) is 5.56 Å². The van der Waals surface area contributed by atoms with Crippen LogP contribution in [0.2, 0.25) is 5.02 Å². The third kappa shape index (κ3) is 4.24. The van der Waals surface area contributed by atoms with Gasteiger partial charge in [0, 0.05) is 18.7 Å². The zero-order valence-corrected chi connectivity index (χ0v) is 18.7. The highest BCUT2D eigenvalue weighted by Crippen LogP contribution is 2.44. The Morgan fingerprint density at radius 3 is 2.53 bits per heavy atom. The molecule has 0 radical (unpaired) electrons. The maximum absolute atomic E-state index is 13.0. The number of benzene rings is 2. The summed E-state index contributed by atoms with van der Waals surface area (Å²) in [5.41, 5.74) is 2.91. The SMILES string of the molecule is O=C(c1ncn(-c2cc(Cl)c(O)c(C3CCC3)c2)n1)N1CCC(Cc2ccccc2)CC1. The van der Waals surface area contributed by atoms with E-state index in [1.807, 2.05) is 17.0 Å². The third-order valence-electron chi connectivity index (χ3n) is 6.84. The zero-order valence-electron chi connectivity index (χ0n) is 18.0. The number of nitrogens with zero attached hydrogens (tertiary/aromatic N) is 4. The molecule has 2 heterocycles. The highest BCUT2D eigenvalue weighted by Gasteiger charge is 2.27. The molecule has 0 spiro atoms. The van der Waals surface area contributed by atoms with Crippen molar-refractivity contribution in [1.82, 2.24) is 19.7 Å². The molecule has 3 aromatic rings. The van der Waals surface area contributed by atoms with E-state index in [0.29, 0.717) is 22.5 Å². The number of rotatable bonds is 5. The van der Waals surface area contributed by atoms with Gasteiger partial charge in [-0.1, -0.05) is 48.4 Å². The van der Waals surface area contributed by atoms with Crippen molar-refractivity contribution in [2.75, 3.05) is 13.1 Å². The van der Waals surface area contributed by atoms with E-state index >= 15 is 0 Å². The van der Waals surface area contributed by atoms with Gasteiger partial charge in [-0.15, -0.1) is 5.10 Å². The van der Waals surface area contributed by atoms with Crippen LogP contribution >= 0.6 is 11.6 Å². The van der Waals surface area contributed by atoms with Crippen LogP contribution in [0.4, 0.5) is 0 Å². The average Bonchev–Trinajstić information content (AvgIpc) is 3.27. The third-order valence-corrected chi connectivity index (χ3v) is 7.13. The second-order valence-electron chi connectivity index (χ2n) is 8.93. The number of hydrogen-bond acceptors (Lipinski definition) is 4. The molecule has 1 amide bonds. The lowest BCUT2D eigenvalue weighted by molar-refractivity contribution is 0.0678. The van der Waals surface area contributed by atoms with Gasteiger partial charge in [-0.2, -0.15) is 0 Å². The molecule has 0 atom stereocenters. The molecule has 166 valence electrons. The Labute approximate surface area is 192 Å². The molecule has 6 nitrogen and oxygen atoms in total. The van der Waals surface area contributed by atoms with E-state index < -0.39 is 0 Å². The summed E-state index contributed by atoms with van der Waals surface area (Å²) in [7, 11) is 0. The highest BCUT2D eigenvalue weighted by molar-refractivity contribution is 6.32. The topological polar surface area (TPSA) is 71.2 Å². The Morgan fingerprint density at radius 2 is 1.84 bits per heavy atom. The minimum Gasteiger partial charge on any atom is -0.506 e. The van der Waals surface area contributed by atoms with Crippen LogP contribution in [0.15, 0.2) is 48.8 Å². The van der Waals surface area contributed by atoms with E-state index in [1.54, 1.807) is 17.1 Å². The Morgan fingerprint density at radius 1 is 1.09 bits per heavy atom. The minimum atomic E-state index is -0.133. The number of phenolic OH excluding ortho intramolecular Hbond substituents is 1. The van der Waals surface area contributed by atoms with Crippen molar-refractivity contribution < 1.29 is 9.90 Å². The molecule has 2 aliphatic rings. The summed E-state index contributed by atoms with van der Waals surface area (Å²) in [5, 5.41) is 15.1. The monoisotopic (exact) mass is 450 g/mol. The maximum Gasteiger partial charge on any atom is 0.293 e. The van der Waals surface area contributed by atoms with Crippen LogP contribution in [0.1, 0.15) is 59.8 Å². The summed E-state index contributed by atoms with van der Waals surface area (Å²) in [6, 6.07) is 14.1. The Balaban J connectivity index is 1.25. The number of hydrogen-bond donors (Lipinski definition) is 1. The predicted molar refractivity (Wildman–Crippen MR) is 123 cm³/mol. The minimum absolute atomic E-state index is 0.133. The van der Waals surface area contributed by atoms with Gasteiger partial charge >= 0.3 is 0 Å². The van der Waals surface area contributed by atoms with E-state index in [0.717, 1.165) is 57.2 Å². The molecular weight excluding hydrogens is 424 g/mol. The van der Waals surface area contributed by atoms with E-state index in [4.69, 9.17) is 11.6 Å². The molecule has 1 aliphatic heterocycles. The predicted octanol–water partition coefficient (Wildman–Crippen LogP) is 4.99. The first-order chi connectivity index (χ1) is 15.6. The number of carbonyl (C=O) groups is 1. The standard InChI is InChI=1S/C25H27ClN4O2/c26-22-15-20(14-21(23(22)31)19-7-4-8-19)30-16-27-24(28-30)25(32)29-11-9-18(10-12-29)13-17-5-2-1-3-6-17/h1-3,5-6,14-16,18-19,31H,4,7-13H2. The van der Waals surface area contributed by atoms with Gasteiger partial charge in [-0.3, -0.25) is 4.79 Å². The molecule has 7 heteroatoms. The van der Waals surface area contributed by atoms with Gasteiger partial charge in [0.05, 0.1) is 10.7 Å². The van der Waals surface area contributed by atoms with Crippen molar-refractivity contribution in [1.29, 1.82) is 0 Å². The van der Waals surface area contributed by atoms with Gasteiger partial charge in [0.1, 0.15) is 12.1 Å². The second-order valence-corrected chi connectivity index (χ2v) is 9.34. The molecule has 1 saturated carbocycles. The first-order valence-electron chi connectivity index (χ1n) is 11.4. The van der Waals surface area contributed by atoms with Crippen molar-refractivity contribution in [3.8, 4) is 11.4 Å².